The van der Waals surface area contributed by atoms with E-state index in [0.717, 1.165) is 5.56 Å². The van der Waals surface area contributed by atoms with Crippen LogP contribution in [0.2, 0.25) is 0 Å². The van der Waals surface area contributed by atoms with Crippen molar-refractivity contribution in [3.05, 3.63) is 53.6 Å². The van der Waals surface area contributed by atoms with Crippen molar-refractivity contribution in [1.29, 1.82) is 0 Å². The highest BCUT2D eigenvalue weighted by Gasteiger charge is 2.09. The summed E-state index contributed by atoms with van der Waals surface area (Å²) in [7, 11) is 1.57. The van der Waals surface area contributed by atoms with Crippen molar-refractivity contribution in [1.82, 2.24) is 0 Å². The summed E-state index contributed by atoms with van der Waals surface area (Å²) < 4.78 is 10.2. The lowest BCUT2D eigenvalue weighted by atomic mass is 10.2. The predicted octanol–water partition coefficient (Wildman–Crippen LogP) is 2.34. The third-order valence-electron chi connectivity index (χ3n) is 2.77. The molecule has 2 aromatic rings. The van der Waals surface area contributed by atoms with Crippen LogP contribution in [0.1, 0.15) is 15.9 Å². The first kappa shape index (κ1) is 13.7. The van der Waals surface area contributed by atoms with E-state index >= 15 is 0 Å². The average Bonchev–Trinajstić information content (AvgIpc) is 2.47. The molecule has 0 aliphatic heterocycles. The van der Waals surface area contributed by atoms with Crippen LogP contribution >= 0.6 is 0 Å². The Morgan fingerprint density at radius 3 is 2.75 bits per heavy atom. The molecule has 2 aromatic carbocycles. The third-order valence-corrected chi connectivity index (χ3v) is 2.77. The lowest BCUT2D eigenvalue weighted by molar-refractivity contribution is 0.0472. The zero-order valence-electron chi connectivity index (χ0n) is 11.0. The van der Waals surface area contributed by atoms with Crippen molar-refractivity contribution in [3.8, 4) is 11.5 Å². The molecule has 20 heavy (non-hydrogen) atoms. The van der Waals surface area contributed by atoms with Crippen LogP contribution in [0.5, 0.6) is 11.5 Å². The van der Waals surface area contributed by atoms with E-state index in [2.05, 4.69) is 0 Å². The molecule has 0 radical (unpaired) electrons. The van der Waals surface area contributed by atoms with E-state index in [1.807, 2.05) is 18.2 Å². The Bertz CT molecular complexity index is 625. The van der Waals surface area contributed by atoms with E-state index in [9.17, 15) is 9.90 Å². The Hall–Kier alpha value is -2.69. The number of phenolic OH excluding ortho intramolecular Hbond substituents is 1. The number of aromatic hydroxyl groups is 1. The molecule has 0 heterocycles. The monoisotopic (exact) mass is 273 g/mol. The number of esters is 1. The van der Waals surface area contributed by atoms with E-state index < -0.39 is 5.97 Å². The number of rotatable bonds is 4. The summed E-state index contributed by atoms with van der Waals surface area (Å²) >= 11 is 0. The van der Waals surface area contributed by atoms with Crippen molar-refractivity contribution in [2.24, 2.45) is 0 Å². The molecule has 0 fully saturated rings. The van der Waals surface area contributed by atoms with E-state index in [0.29, 0.717) is 5.75 Å². The standard InChI is InChI=1S/C15H15NO4/c1-19-12-4-2-3-10(7-12)9-20-15(18)11-5-6-13(16)14(17)8-11/h2-8,17H,9,16H2,1H3. The number of carbonyl (C=O) groups is 1. The van der Waals surface area contributed by atoms with Crippen LogP contribution in [-0.2, 0) is 11.3 Å². The van der Waals surface area contributed by atoms with E-state index in [-0.39, 0.29) is 23.6 Å². The molecule has 0 unspecified atom stereocenters. The third kappa shape index (κ3) is 3.20. The van der Waals surface area contributed by atoms with Crippen LogP contribution in [-0.4, -0.2) is 18.2 Å². The van der Waals surface area contributed by atoms with Crippen LogP contribution in [0.3, 0.4) is 0 Å². The molecule has 0 spiro atoms. The number of ether oxygens (including phenoxy) is 2. The van der Waals surface area contributed by atoms with Gasteiger partial charge in [-0.3, -0.25) is 0 Å². The Morgan fingerprint density at radius 1 is 1.25 bits per heavy atom. The van der Waals surface area contributed by atoms with Gasteiger partial charge in [0.25, 0.3) is 0 Å². The Labute approximate surface area is 116 Å². The van der Waals surface area contributed by atoms with Gasteiger partial charge in [-0.1, -0.05) is 12.1 Å². The van der Waals surface area contributed by atoms with Crippen molar-refractivity contribution in [2.45, 2.75) is 6.61 Å². The van der Waals surface area contributed by atoms with Gasteiger partial charge in [-0.2, -0.15) is 0 Å². The topological polar surface area (TPSA) is 81.8 Å². The van der Waals surface area contributed by atoms with Crippen molar-refractivity contribution >= 4 is 11.7 Å². The normalized spacial score (nSPS) is 10.1. The van der Waals surface area contributed by atoms with E-state index in [4.69, 9.17) is 15.2 Å². The molecule has 0 saturated heterocycles. The lowest BCUT2D eigenvalue weighted by Gasteiger charge is -2.07. The maximum atomic E-state index is 11.8. The minimum Gasteiger partial charge on any atom is -0.506 e. The highest BCUT2D eigenvalue weighted by atomic mass is 16.5. The minimum atomic E-state index is -0.525. The number of phenols is 1. The first-order valence-electron chi connectivity index (χ1n) is 5.98. The summed E-state index contributed by atoms with van der Waals surface area (Å²) in [6, 6.07) is 11.5. The molecule has 0 amide bonds. The summed E-state index contributed by atoms with van der Waals surface area (Å²) in [5.41, 5.74) is 6.75. The second kappa shape index (κ2) is 5.97. The Morgan fingerprint density at radius 2 is 2.05 bits per heavy atom. The zero-order chi connectivity index (χ0) is 14.5. The molecule has 0 saturated carbocycles. The van der Waals surface area contributed by atoms with E-state index in [1.54, 1.807) is 13.2 Å². The van der Waals surface area contributed by atoms with E-state index in [1.165, 1.54) is 18.2 Å². The summed E-state index contributed by atoms with van der Waals surface area (Å²) in [5.74, 6) is 0.0348. The van der Waals surface area contributed by atoms with Crippen molar-refractivity contribution in [2.75, 3.05) is 12.8 Å². The largest absolute Gasteiger partial charge is 0.506 e. The molecule has 2 rings (SSSR count). The predicted molar refractivity (Wildman–Crippen MR) is 74.6 cm³/mol. The fraction of sp³-hybridized carbons (Fsp3) is 0.133. The Kier molecular flexibility index (Phi) is 4.10. The fourth-order valence-corrected chi connectivity index (χ4v) is 1.67. The lowest BCUT2D eigenvalue weighted by Crippen LogP contribution is -2.05. The number of hydrogen-bond acceptors (Lipinski definition) is 5. The van der Waals surface area contributed by atoms with Crippen molar-refractivity contribution < 1.29 is 19.4 Å². The number of anilines is 1. The molecule has 104 valence electrons. The fourth-order valence-electron chi connectivity index (χ4n) is 1.67. The molecule has 0 aromatic heterocycles. The molecule has 5 heteroatoms. The molecular formula is C15H15NO4. The minimum absolute atomic E-state index is 0.126. The number of benzene rings is 2. The van der Waals surface area contributed by atoms with Crippen LogP contribution in [0, 0.1) is 0 Å². The van der Waals surface area contributed by atoms with Gasteiger partial charge in [0.2, 0.25) is 0 Å². The van der Waals surface area contributed by atoms with Gasteiger partial charge in [0.15, 0.2) is 0 Å². The molecule has 0 bridgehead atoms. The number of nitrogens with two attached hydrogens (primary N) is 1. The molecule has 3 N–H and O–H groups in total. The van der Waals surface area contributed by atoms with Gasteiger partial charge >= 0.3 is 5.97 Å². The Balaban J connectivity index is 2.02. The quantitative estimate of drug-likeness (QED) is 0.507. The van der Waals surface area contributed by atoms with Crippen LogP contribution < -0.4 is 10.5 Å². The van der Waals surface area contributed by atoms with Crippen molar-refractivity contribution in [3.63, 3.8) is 0 Å². The molecule has 0 atom stereocenters. The van der Waals surface area contributed by atoms with Gasteiger partial charge in [-0.15, -0.1) is 0 Å². The maximum Gasteiger partial charge on any atom is 0.338 e. The SMILES string of the molecule is COc1cccc(COC(=O)c2ccc(N)c(O)c2)c1. The molecular weight excluding hydrogens is 258 g/mol. The van der Waals surface area contributed by atoms with Crippen LogP contribution in [0.25, 0.3) is 0 Å². The van der Waals surface area contributed by atoms with Gasteiger partial charge in [-0.25, -0.2) is 4.79 Å². The number of carbonyl (C=O) groups excluding carboxylic acids is 1. The first-order valence-corrected chi connectivity index (χ1v) is 5.98. The summed E-state index contributed by atoms with van der Waals surface area (Å²) in [4.78, 5) is 11.8. The number of hydrogen-bond donors (Lipinski definition) is 2. The maximum absolute atomic E-state index is 11.8. The van der Waals surface area contributed by atoms with Gasteiger partial charge in [0.05, 0.1) is 18.4 Å². The smallest absolute Gasteiger partial charge is 0.338 e. The second-order valence-corrected chi connectivity index (χ2v) is 4.20. The zero-order valence-corrected chi connectivity index (χ0v) is 11.0. The van der Waals surface area contributed by atoms with Crippen LogP contribution in [0.15, 0.2) is 42.5 Å². The first-order chi connectivity index (χ1) is 9.60. The number of nitrogen functional groups attached to an aromatic ring is 1. The highest BCUT2D eigenvalue weighted by molar-refractivity contribution is 5.90. The van der Waals surface area contributed by atoms with Gasteiger partial charge in [-0.05, 0) is 35.9 Å². The molecule has 0 aliphatic carbocycles. The van der Waals surface area contributed by atoms with Gasteiger partial charge in [0, 0.05) is 0 Å². The molecule has 5 nitrogen and oxygen atoms in total. The second-order valence-electron chi connectivity index (χ2n) is 4.20. The van der Waals surface area contributed by atoms with Gasteiger partial charge in [0.1, 0.15) is 18.1 Å². The highest BCUT2D eigenvalue weighted by Crippen LogP contribution is 2.21. The number of methoxy groups -OCH3 is 1. The average molecular weight is 273 g/mol. The summed E-state index contributed by atoms with van der Waals surface area (Å²) in [5, 5.41) is 9.45. The summed E-state index contributed by atoms with van der Waals surface area (Å²) in [6.07, 6.45) is 0. The van der Waals surface area contributed by atoms with Gasteiger partial charge < -0.3 is 20.3 Å². The van der Waals surface area contributed by atoms with Crippen LogP contribution in [0.4, 0.5) is 5.69 Å². The molecule has 0 aliphatic rings. The summed E-state index contributed by atoms with van der Waals surface area (Å²) in [6.45, 7) is 0.126.